The average Bonchev–Trinajstić information content (AvgIpc) is 3.03. The van der Waals surface area contributed by atoms with Crippen molar-refractivity contribution >= 4 is 0 Å². The Bertz CT molecular complexity index is 425. The van der Waals surface area contributed by atoms with Crippen LogP contribution in [-0.2, 0) is 0 Å². The van der Waals surface area contributed by atoms with E-state index in [9.17, 15) is 0 Å². The molecule has 1 saturated heterocycles. The standard InChI is InChI=1S/C16H27N3O/c1-4-16(5-2,19-11-6-7-12-19)15(17)14-13(20-3)9-8-10-18-14/h8-10,15H,4-7,11-12,17H2,1-3H3. The van der Waals surface area contributed by atoms with Crippen molar-refractivity contribution in [2.75, 3.05) is 20.2 Å². The maximum atomic E-state index is 6.67. The lowest BCUT2D eigenvalue weighted by Crippen LogP contribution is -2.54. The van der Waals surface area contributed by atoms with Crippen molar-refractivity contribution in [3.63, 3.8) is 0 Å². The number of hydrogen-bond donors (Lipinski definition) is 1. The zero-order valence-corrected chi connectivity index (χ0v) is 12.9. The van der Waals surface area contributed by atoms with Gasteiger partial charge in [-0.15, -0.1) is 0 Å². The molecule has 0 spiro atoms. The molecule has 2 heterocycles. The molecule has 1 aromatic heterocycles. The van der Waals surface area contributed by atoms with Crippen molar-refractivity contribution in [1.82, 2.24) is 9.88 Å². The Hall–Kier alpha value is -1.13. The fourth-order valence-corrected chi connectivity index (χ4v) is 3.56. The average molecular weight is 277 g/mol. The second kappa shape index (κ2) is 6.55. The summed E-state index contributed by atoms with van der Waals surface area (Å²) in [5.74, 6) is 0.797. The first-order valence-corrected chi connectivity index (χ1v) is 7.69. The third-order valence-electron chi connectivity index (χ3n) is 4.85. The molecule has 1 unspecified atom stereocenters. The predicted octanol–water partition coefficient (Wildman–Crippen LogP) is 2.74. The van der Waals surface area contributed by atoms with Crippen molar-refractivity contribution in [3.8, 4) is 5.75 Å². The third kappa shape index (κ3) is 2.54. The van der Waals surface area contributed by atoms with E-state index < -0.39 is 0 Å². The number of likely N-dealkylation sites (tertiary alicyclic amines) is 1. The lowest BCUT2D eigenvalue weighted by Gasteiger charge is -2.45. The van der Waals surface area contributed by atoms with E-state index in [0.29, 0.717) is 0 Å². The van der Waals surface area contributed by atoms with Crippen LogP contribution in [0.15, 0.2) is 18.3 Å². The van der Waals surface area contributed by atoms with E-state index in [2.05, 4.69) is 23.7 Å². The molecule has 112 valence electrons. The van der Waals surface area contributed by atoms with E-state index in [1.54, 1.807) is 13.3 Å². The highest BCUT2D eigenvalue weighted by Gasteiger charge is 2.42. The molecule has 20 heavy (non-hydrogen) atoms. The summed E-state index contributed by atoms with van der Waals surface area (Å²) in [6.45, 7) is 6.75. The summed E-state index contributed by atoms with van der Waals surface area (Å²) in [5.41, 5.74) is 7.53. The van der Waals surface area contributed by atoms with Gasteiger partial charge in [0.05, 0.1) is 13.2 Å². The normalized spacial score (nSPS) is 18.2. The minimum Gasteiger partial charge on any atom is -0.495 e. The predicted molar refractivity (Wildman–Crippen MR) is 81.8 cm³/mol. The number of pyridine rings is 1. The van der Waals surface area contributed by atoms with Gasteiger partial charge in [0.25, 0.3) is 0 Å². The highest BCUT2D eigenvalue weighted by molar-refractivity contribution is 5.32. The summed E-state index contributed by atoms with van der Waals surface area (Å²) >= 11 is 0. The van der Waals surface area contributed by atoms with Crippen LogP contribution in [-0.4, -0.2) is 35.6 Å². The Morgan fingerprint density at radius 2 is 2.00 bits per heavy atom. The molecule has 1 atom stereocenters. The van der Waals surface area contributed by atoms with Gasteiger partial charge in [0.15, 0.2) is 0 Å². The van der Waals surface area contributed by atoms with Crippen molar-refractivity contribution in [2.24, 2.45) is 5.73 Å². The van der Waals surface area contributed by atoms with Crippen LogP contribution in [0, 0.1) is 0 Å². The third-order valence-corrected chi connectivity index (χ3v) is 4.85. The molecule has 4 nitrogen and oxygen atoms in total. The number of nitrogens with two attached hydrogens (primary N) is 1. The van der Waals surface area contributed by atoms with E-state index >= 15 is 0 Å². The molecular weight excluding hydrogens is 250 g/mol. The van der Waals surface area contributed by atoms with E-state index in [4.69, 9.17) is 10.5 Å². The summed E-state index contributed by atoms with van der Waals surface area (Å²) in [5, 5.41) is 0. The van der Waals surface area contributed by atoms with Gasteiger partial charge in [0.2, 0.25) is 0 Å². The van der Waals surface area contributed by atoms with Crippen LogP contribution in [0.4, 0.5) is 0 Å². The minimum atomic E-state index is -0.119. The molecule has 1 aromatic rings. The Kier molecular flexibility index (Phi) is 5.00. The molecular formula is C16H27N3O. The maximum absolute atomic E-state index is 6.67. The molecule has 2 N–H and O–H groups in total. The first kappa shape index (κ1) is 15.3. The Morgan fingerprint density at radius 1 is 1.35 bits per heavy atom. The molecule has 1 aliphatic rings. The van der Waals surface area contributed by atoms with Gasteiger partial charge in [-0.1, -0.05) is 13.8 Å². The monoisotopic (exact) mass is 277 g/mol. The molecule has 4 heteroatoms. The van der Waals surface area contributed by atoms with Crippen LogP contribution < -0.4 is 10.5 Å². The lowest BCUT2D eigenvalue weighted by atomic mass is 9.81. The Morgan fingerprint density at radius 3 is 2.55 bits per heavy atom. The lowest BCUT2D eigenvalue weighted by molar-refractivity contribution is 0.0742. The minimum absolute atomic E-state index is 0.0157. The first-order chi connectivity index (χ1) is 9.69. The van der Waals surface area contributed by atoms with Crippen LogP contribution in [0.1, 0.15) is 51.3 Å². The molecule has 0 aliphatic carbocycles. The smallest absolute Gasteiger partial charge is 0.142 e. The van der Waals surface area contributed by atoms with Gasteiger partial charge >= 0.3 is 0 Å². The molecule has 0 amide bonds. The maximum Gasteiger partial charge on any atom is 0.142 e. The van der Waals surface area contributed by atoms with Crippen LogP contribution in [0.2, 0.25) is 0 Å². The zero-order chi connectivity index (χ0) is 14.6. The molecule has 0 aromatic carbocycles. The van der Waals surface area contributed by atoms with E-state index in [1.165, 1.54) is 12.8 Å². The van der Waals surface area contributed by atoms with Crippen LogP contribution in [0.3, 0.4) is 0 Å². The molecule has 1 aliphatic heterocycles. The van der Waals surface area contributed by atoms with Gasteiger partial charge < -0.3 is 10.5 Å². The highest BCUT2D eigenvalue weighted by Crippen LogP contribution is 2.39. The van der Waals surface area contributed by atoms with Crippen LogP contribution in [0.25, 0.3) is 0 Å². The number of nitrogens with zero attached hydrogens (tertiary/aromatic N) is 2. The summed E-state index contributed by atoms with van der Waals surface area (Å²) in [6, 6.07) is 3.72. The number of hydrogen-bond acceptors (Lipinski definition) is 4. The second-order valence-corrected chi connectivity index (χ2v) is 5.57. The zero-order valence-electron chi connectivity index (χ0n) is 12.9. The van der Waals surface area contributed by atoms with E-state index in [1.807, 2.05) is 12.1 Å². The van der Waals surface area contributed by atoms with Crippen LogP contribution >= 0.6 is 0 Å². The number of methoxy groups -OCH3 is 1. The number of rotatable bonds is 6. The molecule has 0 radical (unpaired) electrons. The van der Waals surface area contributed by atoms with Gasteiger partial charge in [0, 0.05) is 11.7 Å². The fraction of sp³-hybridized carbons (Fsp3) is 0.688. The topological polar surface area (TPSA) is 51.4 Å². The quantitative estimate of drug-likeness (QED) is 0.868. The van der Waals surface area contributed by atoms with Crippen molar-refractivity contribution in [2.45, 2.75) is 51.1 Å². The molecule has 0 saturated carbocycles. The SMILES string of the molecule is CCC(CC)(C(N)c1ncccc1OC)N1CCCC1. The fourth-order valence-electron chi connectivity index (χ4n) is 3.56. The summed E-state index contributed by atoms with van der Waals surface area (Å²) in [7, 11) is 1.68. The summed E-state index contributed by atoms with van der Waals surface area (Å²) in [6.07, 6.45) is 6.41. The molecule has 2 rings (SSSR count). The highest BCUT2D eigenvalue weighted by atomic mass is 16.5. The van der Waals surface area contributed by atoms with Gasteiger partial charge in [-0.05, 0) is 50.9 Å². The Balaban J connectivity index is 2.37. The van der Waals surface area contributed by atoms with Gasteiger partial charge in [-0.25, -0.2) is 0 Å². The number of aromatic nitrogens is 1. The van der Waals surface area contributed by atoms with Crippen molar-refractivity contribution in [1.29, 1.82) is 0 Å². The first-order valence-electron chi connectivity index (χ1n) is 7.69. The van der Waals surface area contributed by atoms with Crippen molar-refractivity contribution in [3.05, 3.63) is 24.0 Å². The summed E-state index contributed by atoms with van der Waals surface area (Å²) in [4.78, 5) is 7.07. The summed E-state index contributed by atoms with van der Waals surface area (Å²) < 4.78 is 5.45. The van der Waals surface area contributed by atoms with E-state index in [-0.39, 0.29) is 11.6 Å². The van der Waals surface area contributed by atoms with E-state index in [0.717, 1.165) is 37.4 Å². The molecule has 0 bridgehead atoms. The van der Waals surface area contributed by atoms with Crippen molar-refractivity contribution < 1.29 is 4.74 Å². The number of ether oxygens (including phenoxy) is 1. The second-order valence-electron chi connectivity index (χ2n) is 5.57. The molecule has 1 fully saturated rings. The van der Waals surface area contributed by atoms with Gasteiger partial charge in [-0.3, -0.25) is 9.88 Å². The van der Waals surface area contributed by atoms with Gasteiger partial charge in [0.1, 0.15) is 11.4 Å². The Labute approximate surface area is 122 Å². The van der Waals surface area contributed by atoms with Crippen LogP contribution in [0.5, 0.6) is 5.75 Å². The van der Waals surface area contributed by atoms with Gasteiger partial charge in [-0.2, -0.15) is 0 Å². The largest absolute Gasteiger partial charge is 0.495 e.